The monoisotopic (exact) mass is 167 g/mol. The number of nitrogens with two attached hydrogens (primary N) is 1. The van der Waals surface area contributed by atoms with Crippen molar-refractivity contribution in [3.8, 4) is 0 Å². The van der Waals surface area contributed by atoms with Crippen LogP contribution in [0.2, 0.25) is 0 Å². The van der Waals surface area contributed by atoms with E-state index in [1.165, 1.54) is 4.85 Å². The largest absolute Gasteiger partial charge is 0.396 e. The molecule has 0 saturated carbocycles. The molecule has 0 saturated heterocycles. The van der Waals surface area contributed by atoms with E-state index in [2.05, 4.69) is 10.2 Å². The van der Waals surface area contributed by atoms with Gasteiger partial charge in [-0.2, -0.15) is 4.52 Å². The van der Waals surface area contributed by atoms with Crippen LogP contribution in [0.4, 0.5) is 5.82 Å². The van der Waals surface area contributed by atoms with Crippen molar-refractivity contribution >= 4 is 11.5 Å². The van der Waals surface area contributed by atoms with Crippen molar-refractivity contribution < 1.29 is 4.84 Å². The summed E-state index contributed by atoms with van der Waals surface area (Å²) in [7, 11) is 0. The lowest BCUT2D eigenvalue weighted by Gasteiger charge is -2.05. The summed E-state index contributed by atoms with van der Waals surface area (Å²) >= 11 is 0. The van der Waals surface area contributed by atoms with Crippen LogP contribution in [0.5, 0.6) is 0 Å². The van der Waals surface area contributed by atoms with Gasteiger partial charge in [0, 0.05) is 6.07 Å². The molecule has 2 aromatic rings. The van der Waals surface area contributed by atoms with E-state index >= 15 is 0 Å². The van der Waals surface area contributed by atoms with Crippen molar-refractivity contribution in [1.29, 1.82) is 0 Å². The number of rotatable bonds is 2. The molecule has 0 amide bonds. The quantitative estimate of drug-likeness (QED) is 0.658. The van der Waals surface area contributed by atoms with Crippen molar-refractivity contribution in [2.45, 2.75) is 6.92 Å². The minimum Gasteiger partial charge on any atom is -0.396 e. The van der Waals surface area contributed by atoms with Gasteiger partial charge in [-0.1, -0.05) is 4.85 Å². The van der Waals surface area contributed by atoms with E-state index in [1.807, 2.05) is 6.92 Å². The first-order valence-electron chi connectivity index (χ1n) is 3.63. The predicted octanol–water partition coefficient (Wildman–Crippen LogP) is -0.439. The SMILES string of the molecule is CCOn1c(N)cc2nncn21. The van der Waals surface area contributed by atoms with Crippen molar-refractivity contribution in [2.75, 3.05) is 12.3 Å². The van der Waals surface area contributed by atoms with Gasteiger partial charge in [-0.05, 0) is 6.92 Å². The standard InChI is InChI=1S/C6H9N5O/c1-2-12-11-5(7)3-6-9-8-4-10(6)11/h3-4H,2,7H2,1H3. The third-order valence-electron chi connectivity index (χ3n) is 1.50. The van der Waals surface area contributed by atoms with Crippen LogP contribution in [0.25, 0.3) is 5.65 Å². The fourth-order valence-electron chi connectivity index (χ4n) is 1.04. The lowest BCUT2D eigenvalue weighted by Crippen LogP contribution is -2.17. The molecule has 0 aliphatic heterocycles. The van der Waals surface area contributed by atoms with Gasteiger partial charge >= 0.3 is 0 Å². The molecule has 0 atom stereocenters. The summed E-state index contributed by atoms with van der Waals surface area (Å²) in [5.74, 6) is 0.516. The Hall–Kier alpha value is -1.72. The number of aromatic nitrogens is 4. The maximum absolute atomic E-state index is 5.63. The molecular formula is C6H9N5O. The molecule has 2 N–H and O–H groups in total. The molecule has 0 spiro atoms. The minimum atomic E-state index is 0.516. The van der Waals surface area contributed by atoms with Crippen molar-refractivity contribution in [2.24, 2.45) is 0 Å². The molecular weight excluding hydrogens is 158 g/mol. The molecule has 0 unspecified atom stereocenters. The van der Waals surface area contributed by atoms with E-state index in [-0.39, 0.29) is 0 Å². The third-order valence-corrected chi connectivity index (χ3v) is 1.50. The molecule has 2 rings (SSSR count). The molecule has 6 nitrogen and oxygen atoms in total. The van der Waals surface area contributed by atoms with Gasteiger partial charge in [-0.25, -0.2) is 0 Å². The molecule has 0 fully saturated rings. The van der Waals surface area contributed by atoms with E-state index < -0.39 is 0 Å². The average Bonchev–Trinajstić information content (AvgIpc) is 2.56. The lowest BCUT2D eigenvalue weighted by atomic mass is 10.6. The maximum atomic E-state index is 5.63. The van der Waals surface area contributed by atoms with Crippen LogP contribution in [0.15, 0.2) is 12.4 Å². The summed E-state index contributed by atoms with van der Waals surface area (Å²) in [5.41, 5.74) is 6.31. The Morgan fingerprint density at radius 3 is 3.25 bits per heavy atom. The first-order valence-corrected chi connectivity index (χ1v) is 3.63. The Kier molecular flexibility index (Phi) is 1.39. The molecule has 12 heavy (non-hydrogen) atoms. The highest BCUT2D eigenvalue weighted by molar-refractivity contribution is 5.47. The van der Waals surface area contributed by atoms with Crippen LogP contribution in [0, 0.1) is 0 Å². The summed E-state index contributed by atoms with van der Waals surface area (Å²) < 4.78 is 1.64. The highest BCUT2D eigenvalue weighted by Gasteiger charge is 2.06. The van der Waals surface area contributed by atoms with Crippen molar-refractivity contribution in [1.82, 2.24) is 19.6 Å². The molecule has 64 valence electrons. The van der Waals surface area contributed by atoms with Crippen LogP contribution in [0.3, 0.4) is 0 Å². The first kappa shape index (κ1) is 6.96. The molecule has 2 aromatic heterocycles. The van der Waals surface area contributed by atoms with Gasteiger partial charge < -0.3 is 10.6 Å². The van der Waals surface area contributed by atoms with Crippen molar-refractivity contribution in [3.63, 3.8) is 0 Å². The van der Waals surface area contributed by atoms with Gasteiger partial charge in [-0.3, -0.25) is 0 Å². The van der Waals surface area contributed by atoms with Crippen molar-refractivity contribution in [3.05, 3.63) is 12.4 Å². The van der Waals surface area contributed by atoms with Gasteiger partial charge in [-0.15, -0.1) is 10.2 Å². The molecule has 0 aliphatic carbocycles. The average molecular weight is 167 g/mol. The summed E-state index contributed by atoms with van der Waals surface area (Å²) in [5, 5.41) is 7.52. The molecule has 0 bridgehead atoms. The Labute approximate surface area is 68.5 Å². The zero-order chi connectivity index (χ0) is 8.55. The smallest absolute Gasteiger partial charge is 0.182 e. The Balaban J connectivity index is 2.59. The predicted molar refractivity (Wildman–Crippen MR) is 42.5 cm³/mol. The van der Waals surface area contributed by atoms with E-state index in [9.17, 15) is 0 Å². The highest BCUT2D eigenvalue weighted by Crippen LogP contribution is 2.07. The fraction of sp³-hybridized carbons (Fsp3) is 0.333. The van der Waals surface area contributed by atoms with Gasteiger partial charge in [0.25, 0.3) is 0 Å². The zero-order valence-corrected chi connectivity index (χ0v) is 6.64. The maximum Gasteiger partial charge on any atom is 0.182 e. The molecule has 2 heterocycles. The molecule has 0 aliphatic rings. The van der Waals surface area contributed by atoms with Crippen LogP contribution in [-0.2, 0) is 0 Å². The second-order valence-corrected chi connectivity index (χ2v) is 2.29. The second-order valence-electron chi connectivity index (χ2n) is 2.29. The first-order chi connectivity index (χ1) is 5.83. The van der Waals surface area contributed by atoms with Gasteiger partial charge in [0.1, 0.15) is 12.9 Å². The van der Waals surface area contributed by atoms with Crippen LogP contribution >= 0.6 is 0 Å². The Morgan fingerprint density at radius 1 is 1.67 bits per heavy atom. The second kappa shape index (κ2) is 2.40. The topological polar surface area (TPSA) is 70.4 Å². The fourth-order valence-corrected chi connectivity index (χ4v) is 1.04. The number of nitrogens with zero attached hydrogens (tertiary/aromatic N) is 4. The molecule has 0 radical (unpaired) electrons. The number of fused-ring (bicyclic) bond motifs is 1. The van der Waals surface area contributed by atoms with E-state index in [0.717, 1.165) is 0 Å². The summed E-state index contributed by atoms with van der Waals surface area (Å²) in [4.78, 5) is 6.68. The lowest BCUT2D eigenvalue weighted by molar-refractivity contribution is 0.0890. The van der Waals surface area contributed by atoms with E-state index in [4.69, 9.17) is 10.6 Å². The summed E-state index contributed by atoms with van der Waals surface area (Å²) in [6, 6.07) is 1.70. The van der Waals surface area contributed by atoms with Crippen LogP contribution in [0.1, 0.15) is 6.92 Å². The Morgan fingerprint density at radius 2 is 2.50 bits per heavy atom. The van der Waals surface area contributed by atoms with Crippen LogP contribution < -0.4 is 10.6 Å². The van der Waals surface area contributed by atoms with E-state index in [1.54, 1.807) is 16.9 Å². The summed E-state index contributed by atoms with van der Waals surface area (Å²) in [6.07, 6.45) is 1.54. The van der Waals surface area contributed by atoms with Gasteiger partial charge in [0.2, 0.25) is 0 Å². The van der Waals surface area contributed by atoms with E-state index in [0.29, 0.717) is 18.1 Å². The van der Waals surface area contributed by atoms with Crippen LogP contribution in [-0.4, -0.2) is 26.2 Å². The zero-order valence-electron chi connectivity index (χ0n) is 6.64. The summed E-state index contributed by atoms with van der Waals surface area (Å²) in [6.45, 7) is 2.43. The molecule has 0 aromatic carbocycles. The molecule has 6 heteroatoms. The van der Waals surface area contributed by atoms with Gasteiger partial charge in [0.05, 0.1) is 0 Å². The third kappa shape index (κ3) is 0.810. The Bertz CT molecular complexity index is 389. The normalized spacial score (nSPS) is 10.8. The minimum absolute atomic E-state index is 0.516. The number of hydrogen-bond acceptors (Lipinski definition) is 4. The number of anilines is 1. The highest BCUT2D eigenvalue weighted by atomic mass is 16.7. The van der Waals surface area contributed by atoms with Gasteiger partial charge in [0.15, 0.2) is 11.5 Å². The number of hydrogen-bond donors (Lipinski definition) is 1. The number of nitrogen functional groups attached to an aromatic ring is 1.